The fraction of sp³-hybridized carbons (Fsp3) is 0.357. The first-order chi connectivity index (χ1) is 16.5. The van der Waals surface area contributed by atoms with Crippen molar-refractivity contribution in [3.8, 4) is 6.07 Å². The summed E-state index contributed by atoms with van der Waals surface area (Å²) in [6, 6.07) is 22.1. The van der Waals surface area contributed by atoms with Gasteiger partial charge in [-0.3, -0.25) is 9.20 Å². The number of hydrogen-bond donors (Lipinski definition) is 1. The molecule has 0 radical (unpaired) electrons. The Kier molecular flexibility index (Phi) is 6.23. The van der Waals surface area contributed by atoms with Gasteiger partial charge in [-0.05, 0) is 68.5 Å². The van der Waals surface area contributed by atoms with Crippen LogP contribution in [-0.2, 0) is 13.0 Å². The zero-order valence-corrected chi connectivity index (χ0v) is 19.5. The van der Waals surface area contributed by atoms with Crippen LogP contribution in [0.2, 0.25) is 0 Å². The molecule has 1 saturated heterocycles. The number of aromatic nitrogens is 2. The highest BCUT2D eigenvalue weighted by Crippen LogP contribution is 2.25. The van der Waals surface area contributed by atoms with Crippen molar-refractivity contribution in [1.29, 1.82) is 5.26 Å². The molecule has 0 aliphatic carbocycles. The predicted molar refractivity (Wildman–Crippen MR) is 134 cm³/mol. The Labute approximate surface area is 199 Å². The number of likely N-dealkylation sites (tertiary alicyclic amines) is 1. The molecule has 3 heterocycles. The topological polar surface area (TPSA) is 73.7 Å². The number of nitriles is 1. The van der Waals surface area contributed by atoms with Crippen molar-refractivity contribution in [2.75, 3.05) is 19.6 Å². The van der Waals surface area contributed by atoms with E-state index in [4.69, 9.17) is 0 Å². The summed E-state index contributed by atoms with van der Waals surface area (Å²) in [5.41, 5.74) is 4.54. The smallest absolute Gasteiger partial charge is 0.257 e. The van der Waals surface area contributed by atoms with Gasteiger partial charge in [0.05, 0.1) is 29.2 Å². The summed E-state index contributed by atoms with van der Waals surface area (Å²) in [6.45, 7) is 4.65. The maximum absolute atomic E-state index is 12.8. The highest BCUT2D eigenvalue weighted by Gasteiger charge is 2.23. The van der Waals surface area contributed by atoms with Gasteiger partial charge in [0.2, 0.25) is 0 Å². The average molecular weight is 455 g/mol. The fourth-order valence-electron chi connectivity index (χ4n) is 5.41. The van der Waals surface area contributed by atoms with E-state index < -0.39 is 6.10 Å². The molecule has 1 unspecified atom stereocenters. The summed E-state index contributed by atoms with van der Waals surface area (Å²) >= 11 is 0. The molecule has 1 aliphatic heterocycles. The van der Waals surface area contributed by atoms with Crippen LogP contribution in [0.4, 0.5) is 0 Å². The molecule has 2 aromatic carbocycles. The van der Waals surface area contributed by atoms with Gasteiger partial charge < -0.3 is 14.6 Å². The lowest BCUT2D eigenvalue weighted by Gasteiger charge is -2.33. The summed E-state index contributed by atoms with van der Waals surface area (Å²) < 4.78 is 3.54. The Balaban J connectivity index is 1.34. The lowest BCUT2D eigenvalue weighted by Crippen LogP contribution is -2.40. The Bertz CT molecular complexity index is 1410. The van der Waals surface area contributed by atoms with Crippen molar-refractivity contribution in [2.45, 2.75) is 38.8 Å². The highest BCUT2D eigenvalue weighted by atomic mass is 16.3. The van der Waals surface area contributed by atoms with Gasteiger partial charge in [-0.1, -0.05) is 42.5 Å². The van der Waals surface area contributed by atoms with Crippen LogP contribution in [0, 0.1) is 24.2 Å². The third-order valence-corrected chi connectivity index (χ3v) is 7.11. The number of rotatable bonds is 6. The molecule has 1 N–H and O–H groups in total. The second-order valence-corrected chi connectivity index (χ2v) is 9.50. The number of piperidine rings is 1. The van der Waals surface area contributed by atoms with Gasteiger partial charge in [0, 0.05) is 12.6 Å². The minimum atomic E-state index is -0.604. The summed E-state index contributed by atoms with van der Waals surface area (Å²) in [7, 11) is 0. The van der Waals surface area contributed by atoms with Crippen LogP contribution in [0.5, 0.6) is 0 Å². The Morgan fingerprint density at radius 2 is 1.71 bits per heavy atom. The van der Waals surface area contributed by atoms with Crippen molar-refractivity contribution in [2.24, 2.45) is 5.92 Å². The van der Waals surface area contributed by atoms with Gasteiger partial charge in [0.1, 0.15) is 11.7 Å². The zero-order chi connectivity index (χ0) is 23.7. The number of β-amino-alcohol motifs (C(OH)–C–C–N with tert-alkyl or cyclic N) is 1. The van der Waals surface area contributed by atoms with E-state index in [-0.39, 0.29) is 5.56 Å². The molecule has 0 bridgehead atoms. The second kappa shape index (κ2) is 9.46. The van der Waals surface area contributed by atoms with Crippen LogP contribution in [0.3, 0.4) is 0 Å². The van der Waals surface area contributed by atoms with Crippen molar-refractivity contribution in [3.05, 3.63) is 87.7 Å². The third kappa shape index (κ3) is 4.25. The molecule has 0 amide bonds. The molecule has 4 aromatic rings. The minimum Gasteiger partial charge on any atom is -0.390 e. The van der Waals surface area contributed by atoms with E-state index >= 15 is 0 Å². The maximum atomic E-state index is 12.8. The molecule has 5 rings (SSSR count). The number of aliphatic hydroxyl groups excluding tert-OH is 1. The Morgan fingerprint density at radius 1 is 1.03 bits per heavy atom. The maximum Gasteiger partial charge on any atom is 0.257 e. The summed E-state index contributed by atoms with van der Waals surface area (Å²) in [5, 5.41) is 20.9. The molecule has 1 atom stereocenters. The average Bonchev–Trinajstić information content (AvgIpc) is 3.16. The number of para-hydroxylation sites is 2. The fourth-order valence-corrected chi connectivity index (χ4v) is 5.41. The van der Waals surface area contributed by atoms with Gasteiger partial charge >= 0.3 is 0 Å². The second-order valence-electron chi connectivity index (χ2n) is 9.50. The number of aliphatic hydroxyl groups is 1. The molecule has 2 aromatic heterocycles. The van der Waals surface area contributed by atoms with Crippen molar-refractivity contribution >= 4 is 16.7 Å². The van der Waals surface area contributed by atoms with Crippen LogP contribution in [-0.4, -0.2) is 44.7 Å². The van der Waals surface area contributed by atoms with E-state index in [1.54, 1.807) is 11.3 Å². The first-order valence-corrected chi connectivity index (χ1v) is 12.0. The normalized spacial score (nSPS) is 16.1. The SMILES string of the molecule is Cc1cc(=O)n2c3ccccc3n(CC(O)CN3CCC(Cc4ccccc4)CC3)c2c1C#N. The van der Waals surface area contributed by atoms with E-state index in [1.807, 2.05) is 28.8 Å². The van der Waals surface area contributed by atoms with Gasteiger partial charge in [0.15, 0.2) is 0 Å². The lowest BCUT2D eigenvalue weighted by molar-refractivity contribution is 0.0796. The number of imidazole rings is 1. The van der Waals surface area contributed by atoms with Gasteiger partial charge in [0.25, 0.3) is 5.56 Å². The zero-order valence-electron chi connectivity index (χ0n) is 19.5. The van der Waals surface area contributed by atoms with E-state index in [0.717, 1.165) is 43.4 Å². The van der Waals surface area contributed by atoms with Crippen LogP contribution in [0.1, 0.15) is 29.5 Å². The largest absolute Gasteiger partial charge is 0.390 e. The van der Waals surface area contributed by atoms with E-state index in [2.05, 4.69) is 41.3 Å². The highest BCUT2D eigenvalue weighted by molar-refractivity contribution is 5.84. The molecule has 1 fully saturated rings. The van der Waals surface area contributed by atoms with Crippen LogP contribution in [0.25, 0.3) is 16.7 Å². The minimum absolute atomic E-state index is 0.156. The number of fused-ring (bicyclic) bond motifs is 3. The lowest BCUT2D eigenvalue weighted by atomic mass is 9.90. The van der Waals surface area contributed by atoms with E-state index in [9.17, 15) is 15.2 Å². The van der Waals surface area contributed by atoms with E-state index in [1.165, 1.54) is 11.6 Å². The number of hydrogen-bond acceptors (Lipinski definition) is 4. The predicted octanol–water partition coefficient (Wildman–Crippen LogP) is 3.75. The molecule has 174 valence electrons. The molecule has 6 nitrogen and oxygen atoms in total. The van der Waals surface area contributed by atoms with Gasteiger partial charge in [-0.15, -0.1) is 0 Å². The van der Waals surface area contributed by atoms with Gasteiger partial charge in [-0.25, -0.2) is 0 Å². The van der Waals surface area contributed by atoms with Crippen LogP contribution < -0.4 is 5.56 Å². The number of nitrogens with zero attached hydrogens (tertiary/aromatic N) is 4. The number of benzene rings is 2. The summed E-state index contributed by atoms with van der Waals surface area (Å²) in [4.78, 5) is 15.2. The molecule has 6 heteroatoms. The number of pyridine rings is 1. The van der Waals surface area contributed by atoms with Crippen molar-refractivity contribution in [1.82, 2.24) is 13.9 Å². The van der Waals surface area contributed by atoms with Gasteiger partial charge in [-0.2, -0.15) is 5.26 Å². The number of aryl methyl sites for hydroxylation is 1. The molecular formula is C28H30N4O2. The molecule has 34 heavy (non-hydrogen) atoms. The Hall–Kier alpha value is -3.40. The summed E-state index contributed by atoms with van der Waals surface area (Å²) in [6.07, 6.45) is 2.77. The third-order valence-electron chi connectivity index (χ3n) is 7.11. The van der Waals surface area contributed by atoms with Crippen molar-refractivity contribution in [3.63, 3.8) is 0 Å². The molecule has 0 spiro atoms. The van der Waals surface area contributed by atoms with Crippen molar-refractivity contribution < 1.29 is 5.11 Å². The molecular weight excluding hydrogens is 424 g/mol. The quantitative estimate of drug-likeness (QED) is 0.482. The van der Waals surface area contributed by atoms with Crippen LogP contribution in [0.15, 0.2) is 65.5 Å². The standard InChI is InChI=1S/C28H30N4O2/c1-20-15-27(34)32-26-10-6-5-9-25(26)31(28(32)24(20)17-29)19-23(33)18-30-13-11-22(12-14-30)16-21-7-3-2-4-8-21/h2-10,15,22-23,33H,11-14,16,18-19H2,1H3. The van der Waals surface area contributed by atoms with Crippen LogP contribution >= 0.6 is 0 Å². The first-order valence-electron chi connectivity index (χ1n) is 12.0. The van der Waals surface area contributed by atoms with E-state index in [0.29, 0.717) is 35.8 Å². The monoisotopic (exact) mass is 454 g/mol. The Morgan fingerprint density at radius 3 is 2.41 bits per heavy atom. The molecule has 1 aliphatic rings. The summed E-state index contributed by atoms with van der Waals surface area (Å²) in [5.74, 6) is 0.682. The first kappa shape index (κ1) is 22.4. The molecule has 0 saturated carbocycles.